The number of hydrogen-bond acceptors (Lipinski definition) is 6. The van der Waals surface area contributed by atoms with Gasteiger partial charge in [0.15, 0.2) is 30.5 Å². The Bertz CT molecular complexity index is 646. The number of benzene rings is 1. The highest BCUT2D eigenvalue weighted by Crippen LogP contribution is 2.29. The number of hydrogen-bond donors (Lipinski definition) is 1. The summed E-state index contributed by atoms with van der Waals surface area (Å²) >= 11 is 0. The van der Waals surface area contributed by atoms with Crippen molar-refractivity contribution in [2.24, 2.45) is 0 Å². The van der Waals surface area contributed by atoms with E-state index >= 15 is 0 Å². The van der Waals surface area contributed by atoms with Gasteiger partial charge in [0.25, 0.3) is 5.89 Å². The van der Waals surface area contributed by atoms with Gasteiger partial charge in [0.05, 0.1) is 0 Å². The fraction of sp³-hybridized carbons (Fsp3) is 0.467. The van der Waals surface area contributed by atoms with Crippen molar-refractivity contribution >= 4 is 0 Å². The molecule has 9 heteroatoms. The molecule has 1 aromatic heterocycles. The van der Waals surface area contributed by atoms with E-state index in [4.69, 9.17) is 14.0 Å². The number of nitrogens with one attached hydrogen (secondary N) is 1. The van der Waals surface area contributed by atoms with Crippen molar-refractivity contribution in [3.8, 4) is 11.5 Å². The van der Waals surface area contributed by atoms with E-state index in [1.807, 2.05) is 14.0 Å². The quantitative estimate of drug-likeness (QED) is 0.793. The minimum absolute atomic E-state index is 0.00151. The fourth-order valence-electron chi connectivity index (χ4n) is 1.80. The third kappa shape index (κ3) is 5.73. The molecule has 0 aliphatic carbocycles. The lowest BCUT2D eigenvalue weighted by atomic mass is 10.2. The number of para-hydroxylation sites is 2. The molecule has 1 N–H and O–H groups in total. The van der Waals surface area contributed by atoms with Crippen molar-refractivity contribution in [2.45, 2.75) is 32.2 Å². The molecule has 0 saturated carbocycles. The van der Waals surface area contributed by atoms with Crippen LogP contribution in [-0.2, 0) is 13.0 Å². The molecule has 0 aliphatic heterocycles. The summed E-state index contributed by atoms with van der Waals surface area (Å²) < 4.78 is 52.0. The predicted molar refractivity (Wildman–Crippen MR) is 78.8 cm³/mol. The van der Waals surface area contributed by atoms with E-state index in [1.54, 1.807) is 12.1 Å². The number of rotatable bonds is 8. The van der Waals surface area contributed by atoms with Crippen LogP contribution in [0.4, 0.5) is 13.2 Å². The van der Waals surface area contributed by atoms with Crippen LogP contribution in [0.2, 0.25) is 0 Å². The largest absolute Gasteiger partial charge is 0.480 e. The Morgan fingerprint density at radius 1 is 1.21 bits per heavy atom. The molecule has 1 atom stereocenters. The second kappa shape index (κ2) is 8.00. The molecule has 0 aliphatic rings. The van der Waals surface area contributed by atoms with Crippen LogP contribution in [0, 0.1) is 0 Å². The van der Waals surface area contributed by atoms with Gasteiger partial charge in [-0.1, -0.05) is 17.3 Å². The first-order valence-electron chi connectivity index (χ1n) is 7.27. The molecule has 0 spiro atoms. The minimum atomic E-state index is -4.42. The van der Waals surface area contributed by atoms with Crippen LogP contribution in [-0.4, -0.2) is 36.0 Å². The van der Waals surface area contributed by atoms with E-state index in [0.717, 1.165) is 0 Å². The van der Waals surface area contributed by atoms with Gasteiger partial charge in [-0.15, -0.1) is 0 Å². The lowest BCUT2D eigenvalue weighted by Gasteiger charge is -2.12. The van der Waals surface area contributed by atoms with Crippen LogP contribution < -0.4 is 14.8 Å². The smallest absolute Gasteiger partial charge is 0.422 e. The highest BCUT2D eigenvalue weighted by Gasteiger charge is 2.29. The van der Waals surface area contributed by atoms with Crippen molar-refractivity contribution in [1.82, 2.24) is 15.5 Å². The monoisotopic (exact) mass is 345 g/mol. The molecule has 0 fully saturated rings. The molecule has 1 aromatic carbocycles. The van der Waals surface area contributed by atoms with Gasteiger partial charge in [-0.2, -0.15) is 18.2 Å². The summed E-state index contributed by atoms with van der Waals surface area (Å²) in [4.78, 5) is 4.16. The van der Waals surface area contributed by atoms with Crippen LogP contribution in [0.15, 0.2) is 28.8 Å². The van der Waals surface area contributed by atoms with Crippen molar-refractivity contribution < 1.29 is 27.2 Å². The topological polar surface area (TPSA) is 69.4 Å². The van der Waals surface area contributed by atoms with E-state index in [-0.39, 0.29) is 30.0 Å². The highest BCUT2D eigenvalue weighted by atomic mass is 19.4. The number of likely N-dealkylation sites (N-methyl/N-ethyl adjacent to an activating group) is 1. The van der Waals surface area contributed by atoms with E-state index in [9.17, 15) is 13.2 Å². The molecule has 0 saturated heterocycles. The summed E-state index contributed by atoms with van der Waals surface area (Å²) in [5, 5.41) is 6.87. The van der Waals surface area contributed by atoms with Crippen LogP contribution >= 0.6 is 0 Å². The summed E-state index contributed by atoms with van der Waals surface area (Å²) in [6.45, 7) is 0.522. The summed E-state index contributed by atoms with van der Waals surface area (Å²) in [6.07, 6.45) is -3.83. The van der Waals surface area contributed by atoms with Gasteiger partial charge < -0.3 is 19.3 Å². The summed E-state index contributed by atoms with van der Waals surface area (Å²) in [5.74, 6) is 0.930. The standard InChI is InChI=1S/C15H18F3N3O3/c1-10(19-2)7-13-20-14(24-21-13)8-22-11-5-3-4-6-12(11)23-9-15(16,17)18/h3-6,10,19H,7-9H2,1-2H3. The normalized spacial score (nSPS) is 12.9. The number of ether oxygens (including phenoxy) is 2. The minimum Gasteiger partial charge on any atom is -0.480 e. The van der Waals surface area contributed by atoms with E-state index < -0.39 is 12.8 Å². The Kier molecular flexibility index (Phi) is 6.02. The lowest BCUT2D eigenvalue weighted by molar-refractivity contribution is -0.153. The molecule has 0 radical (unpaired) electrons. The molecule has 24 heavy (non-hydrogen) atoms. The predicted octanol–water partition coefficient (Wildman–Crippen LogP) is 2.74. The van der Waals surface area contributed by atoms with Crippen LogP contribution in [0.5, 0.6) is 11.5 Å². The molecule has 6 nitrogen and oxygen atoms in total. The number of nitrogens with zero attached hydrogens (tertiary/aromatic N) is 2. The van der Waals surface area contributed by atoms with Gasteiger partial charge in [-0.05, 0) is 26.1 Å². The molecular weight excluding hydrogens is 327 g/mol. The average molecular weight is 345 g/mol. The maximum atomic E-state index is 12.3. The molecule has 1 heterocycles. The number of alkyl halides is 3. The Morgan fingerprint density at radius 2 is 1.88 bits per heavy atom. The third-order valence-electron chi connectivity index (χ3n) is 3.08. The Balaban J connectivity index is 1.94. The molecule has 1 unspecified atom stereocenters. The van der Waals surface area contributed by atoms with Crippen LogP contribution in [0.1, 0.15) is 18.6 Å². The van der Waals surface area contributed by atoms with Gasteiger partial charge in [0.2, 0.25) is 0 Å². The van der Waals surface area contributed by atoms with Gasteiger partial charge in [-0.3, -0.25) is 0 Å². The second-order valence-electron chi connectivity index (χ2n) is 5.14. The van der Waals surface area contributed by atoms with E-state index in [2.05, 4.69) is 15.5 Å². The first-order valence-corrected chi connectivity index (χ1v) is 7.27. The van der Waals surface area contributed by atoms with Crippen LogP contribution in [0.25, 0.3) is 0 Å². The molecule has 132 valence electrons. The van der Waals surface area contributed by atoms with Crippen molar-refractivity contribution in [3.05, 3.63) is 36.0 Å². The van der Waals surface area contributed by atoms with E-state index in [1.165, 1.54) is 12.1 Å². The van der Waals surface area contributed by atoms with Crippen LogP contribution in [0.3, 0.4) is 0 Å². The highest BCUT2D eigenvalue weighted by molar-refractivity contribution is 5.39. The van der Waals surface area contributed by atoms with E-state index in [0.29, 0.717) is 12.2 Å². The summed E-state index contributed by atoms with van der Waals surface area (Å²) in [7, 11) is 1.83. The van der Waals surface area contributed by atoms with Gasteiger partial charge >= 0.3 is 6.18 Å². The van der Waals surface area contributed by atoms with Gasteiger partial charge in [-0.25, -0.2) is 0 Å². The number of halogens is 3. The zero-order valence-electron chi connectivity index (χ0n) is 13.3. The Morgan fingerprint density at radius 3 is 2.50 bits per heavy atom. The lowest BCUT2D eigenvalue weighted by Crippen LogP contribution is -2.24. The first-order chi connectivity index (χ1) is 11.4. The SMILES string of the molecule is CNC(C)Cc1noc(COc2ccccc2OCC(F)(F)F)n1. The molecule has 2 aromatic rings. The fourth-order valence-corrected chi connectivity index (χ4v) is 1.80. The Labute approximate surface area is 137 Å². The molecule has 0 amide bonds. The zero-order chi connectivity index (χ0) is 17.6. The number of aromatic nitrogens is 2. The van der Waals surface area contributed by atoms with Crippen molar-refractivity contribution in [2.75, 3.05) is 13.7 Å². The third-order valence-corrected chi connectivity index (χ3v) is 3.08. The molecule has 2 rings (SSSR count). The average Bonchev–Trinajstić information content (AvgIpc) is 2.98. The maximum Gasteiger partial charge on any atom is 0.422 e. The maximum absolute atomic E-state index is 12.3. The van der Waals surface area contributed by atoms with Crippen molar-refractivity contribution in [3.63, 3.8) is 0 Å². The summed E-state index contributed by atoms with van der Waals surface area (Å²) in [6, 6.07) is 6.28. The zero-order valence-corrected chi connectivity index (χ0v) is 13.3. The second-order valence-corrected chi connectivity index (χ2v) is 5.14. The summed E-state index contributed by atoms with van der Waals surface area (Å²) in [5.41, 5.74) is 0. The van der Waals surface area contributed by atoms with Gasteiger partial charge in [0.1, 0.15) is 0 Å². The van der Waals surface area contributed by atoms with Crippen molar-refractivity contribution in [1.29, 1.82) is 0 Å². The first kappa shape index (κ1) is 18.1. The molecule has 0 bridgehead atoms. The van der Waals surface area contributed by atoms with Gasteiger partial charge in [0, 0.05) is 12.5 Å². The molecular formula is C15H18F3N3O3. The Hall–Kier alpha value is -2.29.